The molecular weight excluding hydrogens is 453 g/mol. The Kier molecular flexibility index (Phi) is 8.40. The highest BCUT2D eigenvalue weighted by atomic mass is 19.1. The summed E-state index contributed by atoms with van der Waals surface area (Å²) in [5.41, 5.74) is 0.935. The lowest BCUT2D eigenvalue weighted by molar-refractivity contribution is -0.118. The van der Waals surface area contributed by atoms with E-state index in [1.54, 1.807) is 42.5 Å². The van der Waals surface area contributed by atoms with Crippen molar-refractivity contribution in [2.45, 2.75) is 0 Å². The van der Waals surface area contributed by atoms with Gasteiger partial charge in [0.1, 0.15) is 23.2 Å². The van der Waals surface area contributed by atoms with Gasteiger partial charge in [-0.15, -0.1) is 0 Å². The predicted octanol–water partition coefficient (Wildman–Crippen LogP) is 4.41. The Hall–Kier alpha value is -4.84. The van der Waals surface area contributed by atoms with Gasteiger partial charge in [0.25, 0.3) is 11.8 Å². The van der Waals surface area contributed by atoms with E-state index in [2.05, 4.69) is 10.6 Å². The van der Waals surface area contributed by atoms with E-state index in [-0.39, 0.29) is 29.4 Å². The average Bonchev–Trinajstić information content (AvgIpc) is 2.88. The summed E-state index contributed by atoms with van der Waals surface area (Å²) in [6, 6.07) is 19.1. The molecule has 0 atom stereocenters. The highest BCUT2D eigenvalue weighted by Gasteiger charge is 2.13. The van der Waals surface area contributed by atoms with Crippen LogP contribution in [0.2, 0.25) is 0 Å². The molecule has 0 aromatic heterocycles. The number of nitrogens with zero attached hydrogens (tertiary/aromatic N) is 1. The number of para-hydroxylation sites is 1. The smallest absolute Gasteiger partial charge is 0.266 e. The standard InChI is InChI=1S/C26H22FN3O5/c1-33-20-10-8-19(9-11-20)29-26(32)18(15-28)13-17-7-12-23(24(14-17)34-2)35-16-25(31)30-22-6-4-3-5-21(22)27/h3-14H,16H2,1-2H3,(H,29,32)(H,30,31). The summed E-state index contributed by atoms with van der Waals surface area (Å²) in [6.07, 6.45) is 1.40. The Morgan fingerprint density at radius 2 is 1.71 bits per heavy atom. The third-order valence-corrected chi connectivity index (χ3v) is 4.72. The highest BCUT2D eigenvalue weighted by Crippen LogP contribution is 2.29. The van der Waals surface area contributed by atoms with Crippen LogP contribution in [0.4, 0.5) is 15.8 Å². The van der Waals surface area contributed by atoms with Crippen molar-refractivity contribution in [1.82, 2.24) is 0 Å². The molecule has 8 nitrogen and oxygen atoms in total. The maximum absolute atomic E-state index is 13.7. The van der Waals surface area contributed by atoms with Gasteiger partial charge in [0.05, 0.1) is 19.9 Å². The van der Waals surface area contributed by atoms with Crippen LogP contribution in [0, 0.1) is 17.1 Å². The lowest BCUT2D eigenvalue weighted by atomic mass is 10.1. The van der Waals surface area contributed by atoms with Gasteiger partial charge in [-0.2, -0.15) is 5.26 Å². The van der Waals surface area contributed by atoms with E-state index in [9.17, 15) is 19.2 Å². The van der Waals surface area contributed by atoms with Gasteiger partial charge in [-0.1, -0.05) is 18.2 Å². The van der Waals surface area contributed by atoms with Crippen molar-refractivity contribution in [2.75, 3.05) is 31.5 Å². The van der Waals surface area contributed by atoms with Crippen molar-refractivity contribution < 1.29 is 28.2 Å². The number of hydrogen-bond donors (Lipinski definition) is 2. The Labute approximate surface area is 201 Å². The van der Waals surface area contributed by atoms with Crippen molar-refractivity contribution in [2.24, 2.45) is 0 Å². The molecule has 2 amide bonds. The first-order chi connectivity index (χ1) is 16.9. The Balaban J connectivity index is 1.67. The number of nitrogens with one attached hydrogen (secondary N) is 2. The van der Waals surface area contributed by atoms with E-state index in [0.717, 1.165) is 0 Å². The quantitative estimate of drug-likeness (QED) is 0.351. The Bertz CT molecular complexity index is 1280. The molecule has 0 aliphatic carbocycles. The van der Waals surface area contributed by atoms with Gasteiger partial charge in [-0.3, -0.25) is 9.59 Å². The molecule has 0 heterocycles. The van der Waals surface area contributed by atoms with E-state index < -0.39 is 17.6 Å². The summed E-state index contributed by atoms with van der Waals surface area (Å²) < 4.78 is 29.6. The van der Waals surface area contributed by atoms with E-state index in [1.807, 2.05) is 6.07 Å². The molecule has 178 valence electrons. The van der Waals surface area contributed by atoms with Crippen molar-refractivity contribution in [3.05, 3.63) is 83.7 Å². The SMILES string of the molecule is COc1ccc(NC(=O)C(C#N)=Cc2ccc(OCC(=O)Nc3ccccc3F)c(OC)c2)cc1. The monoisotopic (exact) mass is 475 g/mol. The molecule has 0 aliphatic rings. The molecule has 0 aliphatic heterocycles. The molecule has 0 unspecified atom stereocenters. The molecule has 0 saturated carbocycles. The summed E-state index contributed by atoms with van der Waals surface area (Å²) in [5, 5.41) is 14.5. The van der Waals surface area contributed by atoms with Crippen LogP contribution in [0.15, 0.2) is 72.3 Å². The number of rotatable bonds is 9. The number of methoxy groups -OCH3 is 2. The van der Waals surface area contributed by atoms with E-state index in [0.29, 0.717) is 17.0 Å². The third kappa shape index (κ3) is 6.82. The summed E-state index contributed by atoms with van der Waals surface area (Å²) in [5.74, 6) is -0.512. The second-order valence-corrected chi connectivity index (χ2v) is 7.08. The third-order valence-electron chi connectivity index (χ3n) is 4.72. The predicted molar refractivity (Wildman–Crippen MR) is 129 cm³/mol. The topological polar surface area (TPSA) is 110 Å². The molecule has 0 saturated heterocycles. The van der Waals surface area contributed by atoms with E-state index >= 15 is 0 Å². The lowest BCUT2D eigenvalue weighted by Gasteiger charge is -2.12. The number of benzene rings is 3. The van der Waals surface area contributed by atoms with Crippen LogP contribution in [0.25, 0.3) is 6.08 Å². The number of nitriles is 1. The van der Waals surface area contributed by atoms with Gasteiger partial charge in [0.15, 0.2) is 18.1 Å². The number of halogens is 1. The summed E-state index contributed by atoms with van der Waals surface area (Å²) in [4.78, 5) is 24.6. The molecule has 0 fully saturated rings. The van der Waals surface area contributed by atoms with Crippen molar-refractivity contribution in [1.29, 1.82) is 5.26 Å². The fraction of sp³-hybridized carbons (Fsp3) is 0.115. The molecule has 3 rings (SSSR count). The fourth-order valence-electron chi connectivity index (χ4n) is 2.97. The molecular formula is C26H22FN3O5. The first-order valence-electron chi connectivity index (χ1n) is 10.4. The van der Waals surface area contributed by atoms with Gasteiger partial charge in [0, 0.05) is 5.69 Å². The lowest BCUT2D eigenvalue weighted by Crippen LogP contribution is -2.20. The second kappa shape index (κ2) is 11.9. The zero-order valence-electron chi connectivity index (χ0n) is 19.0. The number of anilines is 2. The zero-order valence-corrected chi connectivity index (χ0v) is 19.0. The van der Waals surface area contributed by atoms with Gasteiger partial charge in [0.2, 0.25) is 0 Å². The van der Waals surface area contributed by atoms with Crippen LogP contribution in [0.5, 0.6) is 17.2 Å². The molecule has 0 radical (unpaired) electrons. The Morgan fingerprint density at radius 3 is 2.37 bits per heavy atom. The largest absolute Gasteiger partial charge is 0.497 e. The molecule has 35 heavy (non-hydrogen) atoms. The summed E-state index contributed by atoms with van der Waals surface area (Å²) >= 11 is 0. The molecule has 2 N–H and O–H groups in total. The number of carbonyl (C=O) groups excluding carboxylic acids is 2. The van der Waals surface area contributed by atoms with Gasteiger partial charge >= 0.3 is 0 Å². The Morgan fingerprint density at radius 1 is 0.971 bits per heavy atom. The average molecular weight is 475 g/mol. The number of amides is 2. The van der Waals surface area contributed by atoms with Crippen LogP contribution in [-0.2, 0) is 9.59 Å². The van der Waals surface area contributed by atoms with Crippen LogP contribution in [0.1, 0.15) is 5.56 Å². The van der Waals surface area contributed by atoms with Gasteiger partial charge < -0.3 is 24.8 Å². The van der Waals surface area contributed by atoms with Gasteiger partial charge in [-0.25, -0.2) is 4.39 Å². The second-order valence-electron chi connectivity index (χ2n) is 7.08. The van der Waals surface area contributed by atoms with E-state index in [1.165, 1.54) is 44.6 Å². The number of ether oxygens (including phenoxy) is 3. The molecule has 3 aromatic rings. The zero-order chi connectivity index (χ0) is 25.2. The highest BCUT2D eigenvalue weighted by molar-refractivity contribution is 6.09. The molecule has 9 heteroatoms. The fourth-order valence-corrected chi connectivity index (χ4v) is 2.97. The van der Waals surface area contributed by atoms with Crippen molar-refractivity contribution in [3.8, 4) is 23.3 Å². The number of hydrogen-bond acceptors (Lipinski definition) is 6. The molecule has 0 bridgehead atoms. The first-order valence-corrected chi connectivity index (χ1v) is 10.4. The van der Waals surface area contributed by atoms with Gasteiger partial charge in [-0.05, 0) is 60.2 Å². The molecule has 0 spiro atoms. The molecule has 3 aromatic carbocycles. The minimum Gasteiger partial charge on any atom is -0.497 e. The van der Waals surface area contributed by atoms with E-state index in [4.69, 9.17) is 14.2 Å². The van der Waals surface area contributed by atoms with Crippen molar-refractivity contribution in [3.63, 3.8) is 0 Å². The van der Waals surface area contributed by atoms with Crippen LogP contribution < -0.4 is 24.8 Å². The summed E-state index contributed by atoms with van der Waals surface area (Å²) in [6.45, 7) is -0.381. The number of carbonyl (C=O) groups is 2. The van der Waals surface area contributed by atoms with Crippen molar-refractivity contribution >= 4 is 29.3 Å². The maximum atomic E-state index is 13.7. The van der Waals surface area contributed by atoms with Crippen LogP contribution in [-0.4, -0.2) is 32.6 Å². The normalized spacial score (nSPS) is 10.6. The summed E-state index contributed by atoms with van der Waals surface area (Å²) in [7, 11) is 2.95. The minimum absolute atomic E-state index is 0.0468. The first kappa shape index (κ1) is 24.8. The van der Waals surface area contributed by atoms with Crippen LogP contribution >= 0.6 is 0 Å². The minimum atomic E-state index is -0.582. The maximum Gasteiger partial charge on any atom is 0.266 e. The van der Waals surface area contributed by atoms with Crippen LogP contribution in [0.3, 0.4) is 0 Å².